The quantitative estimate of drug-likeness (QED) is 0.168. The molecular weight excluding hydrogens is 725 g/mol. The van der Waals surface area contributed by atoms with E-state index in [1.165, 1.54) is 49.9 Å². The first-order chi connectivity index (χ1) is 21.8. The molecule has 0 amide bonds. The first-order valence-corrected chi connectivity index (χ1v) is 15.3. The second kappa shape index (κ2) is 12.7. The topological polar surface area (TPSA) is 25.8 Å². The van der Waals surface area contributed by atoms with Gasteiger partial charge in [-0.3, -0.25) is 4.98 Å². The molecule has 0 saturated heterocycles. The average Bonchev–Trinajstić information content (AvgIpc) is 3.11. The predicted octanol–water partition coefficient (Wildman–Crippen LogP) is 9.78. The van der Waals surface area contributed by atoms with Crippen molar-refractivity contribution < 1.29 is 20.1 Å². The van der Waals surface area contributed by atoms with Gasteiger partial charge in [-0.05, 0) is 71.3 Å². The Morgan fingerprint density at radius 2 is 1.31 bits per heavy atom. The number of benzene rings is 5. The Kier molecular flexibility index (Phi) is 8.22. The number of hydrogen-bond donors (Lipinski definition) is 0. The molecule has 219 valence electrons. The minimum absolute atomic E-state index is 0. The SMILES string of the molecule is [Ir].[c-]1c(-c2ccc3ccccc3n2)cc2c3c1CCc1cccc(c1-3)CC2.[c-]1ccc(-c2ccccc2)cc1-c1ccccn1. The fourth-order valence-corrected chi connectivity index (χ4v) is 6.62. The number of fused-ring (bicyclic) bond motifs is 1. The summed E-state index contributed by atoms with van der Waals surface area (Å²) in [4.78, 5) is 9.25. The van der Waals surface area contributed by atoms with Crippen LogP contribution in [-0.4, -0.2) is 9.97 Å². The van der Waals surface area contributed by atoms with Crippen LogP contribution in [0, 0.1) is 12.1 Å². The van der Waals surface area contributed by atoms with E-state index in [1.54, 1.807) is 6.20 Å². The summed E-state index contributed by atoms with van der Waals surface area (Å²) in [5, 5.41) is 1.19. The maximum absolute atomic E-state index is 4.90. The second-order valence-corrected chi connectivity index (χ2v) is 11.5. The van der Waals surface area contributed by atoms with Crippen LogP contribution >= 0.6 is 0 Å². The minimum Gasteiger partial charge on any atom is -0.305 e. The minimum atomic E-state index is 0. The van der Waals surface area contributed by atoms with Gasteiger partial charge in [-0.25, -0.2) is 0 Å². The van der Waals surface area contributed by atoms with Gasteiger partial charge >= 0.3 is 0 Å². The first kappa shape index (κ1) is 29.0. The molecule has 5 aromatic carbocycles. The monoisotopic (exact) mass is 755 g/mol. The van der Waals surface area contributed by atoms with Gasteiger partial charge in [-0.2, -0.15) is 0 Å². The zero-order valence-corrected chi connectivity index (χ0v) is 27.2. The predicted molar refractivity (Wildman–Crippen MR) is 180 cm³/mol. The number of aryl methyl sites for hydroxylation is 4. The molecule has 2 aliphatic carbocycles. The van der Waals surface area contributed by atoms with Crippen LogP contribution in [-0.2, 0) is 45.8 Å². The van der Waals surface area contributed by atoms with Crippen molar-refractivity contribution in [1.29, 1.82) is 0 Å². The molecule has 0 aliphatic heterocycles. The maximum Gasteiger partial charge on any atom is 0.0595 e. The third kappa shape index (κ3) is 5.78. The van der Waals surface area contributed by atoms with E-state index in [4.69, 9.17) is 4.98 Å². The summed E-state index contributed by atoms with van der Waals surface area (Å²) < 4.78 is 0. The number of para-hydroxylation sites is 1. The maximum atomic E-state index is 4.90. The largest absolute Gasteiger partial charge is 0.305 e. The van der Waals surface area contributed by atoms with Crippen molar-refractivity contribution >= 4 is 10.9 Å². The number of rotatable bonds is 3. The van der Waals surface area contributed by atoms with Crippen LogP contribution in [0.4, 0.5) is 0 Å². The molecule has 45 heavy (non-hydrogen) atoms. The fourth-order valence-electron chi connectivity index (χ4n) is 6.62. The Balaban J connectivity index is 0.000000151. The van der Waals surface area contributed by atoms with E-state index in [2.05, 4.69) is 102 Å². The van der Waals surface area contributed by atoms with Crippen LogP contribution in [0.15, 0.2) is 134 Å². The number of hydrogen-bond acceptors (Lipinski definition) is 2. The molecule has 0 fully saturated rings. The van der Waals surface area contributed by atoms with Crippen LogP contribution in [0.25, 0.3) is 55.7 Å². The van der Waals surface area contributed by atoms with Crippen molar-refractivity contribution in [2.45, 2.75) is 25.7 Å². The Hall–Kier alpha value is -4.69. The molecule has 0 N–H and O–H groups in total. The van der Waals surface area contributed by atoms with Crippen molar-refractivity contribution in [2.75, 3.05) is 0 Å². The zero-order chi connectivity index (χ0) is 29.3. The molecule has 1 radical (unpaired) electrons. The molecule has 0 spiro atoms. The standard InChI is InChI=1S/C25H18N.C17H12N.Ir/c1-2-7-22-16(4-1)12-13-23(26-22)21-14-19-10-8-17-5-3-6-18-9-11-20(15-21)25(19)24(17)18;1-2-7-14(8-3-1)15-9-6-10-16(13-15)17-11-4-5-12-18-17;/h1-7,12-14H,8-11H2;1-9,11-13H;/q2*-1;. The van der Waals surface area contributed by atoms with Gasteiger partial charge in [0.2, 0.25) is 0 Å². The molecule has 9 rings (SSSR count). The van der Waals surface area contributed by atoms with E-state index in [-0.39, 0.29) is 20.1 Å². The molecule has 2 heterocycles. The van der Waals surface area contributed by atoms with Gasteiger partial charge < -0.3 is 4.98 Å². The molecule has 7 aromatic rings. The van der Waals surface area contributed by atoms with E-state index in [1.807, 2.05) is 42.5 Å². The molecule has 0 unspecified atom stereocenters. The van der Waals surface area contributed by atoms with Crippen LogP contribution in [0.1, 0.15) is 22.3 Å². The smallest absolute Gasteiger partial charge is 0.0595 e. The Bertz CT molecular complexity index is 2020. The van der Waals surface area contributed by atoms with Gasteiger partial charge in [0.25, 0.3) is 0 Å². The van der Waals surface area contributed by atoms with Gasteiger partial charge in [-0.15, -0.1) is 64.2 Å². The van der Waals surface area contributed by atoms with Crippen molar-refractivity contribution in [3.63, 3.8) is 0 Å². The van der Waals surface area contributed by atoms with E-state index in [0.717, 1.165) is 53.7 Å². The third-order valence-corrected chi connectivity index (χ3v) is 8.75. The van der Waals surface area contributed by atoms with Crippen LogP contribution in [0.2, 0.25) is 0 Å². The molecule has 2 aromatic heterocycles. The summed E-state index contributed by atoms with van der Waals surface area (Å²) in [5.41, 5.74) is 16.5. The number of aromatic nitrogens is 2. The summed E-state index contributed by atoms with van der Waals surface area (Å²) in [6.07, 6.45) is 6.28. The molecule has 2 nitrogen and oxygen atoms in total. The summed E-state index contributed by atoms with van der Waals surface area (Å²) in [5.74, 6) is 0. The van der Waals surface area contributed by atoms with E-state index in [9.17, 15) is 0 Å². The zero-order valence-electron chi connectivity index (χ0n) is 24.8. The first-order valence-electron chi connectivity index (χ1n) is 15.3. The van der Waals surface area contributed by atoms with Gasteiger partial charge in [0, 0.05) is 26.3 Å². The summed E-state index contributed by atoms with van der Waals surface area (Å²) in [6.45, 7) is 0. The molecule has 0 bridgehead atoms. The fraction of sp³-hybridized carbons (Fsp3) is 0.0952. The van der Waals surface area contributed by atoms with Crippen molar-refractivity contribution in [3.05, 3.63) is 168 Å². The summed E-state index contributed by atoms with van der Waals surface area (Å²) in [7, 11) is 0. The van der Waals surface area contributed by atoms with Crippen LogP contribution in [0.3, 0.4) is 0 Å². The molecule has 3 heteroatoms. The van der Waals surface area contributed by atoms with Crippen molar-refractivity contribution in [1.82, 2.24) is 9.97 Å². The molecule has 0 saturated carbocycles. The molecule has 0 atom stereocenters. The van der Waals surface area contributed by atoms with Crippen molar-refractivity contribution in [3.8, 4) is 44.8 Å². The molecule has 2 aliphatic rings. The van der Waals surface area contributed by atoms with Crippen molar-refractivity contribution in [2.24, 2.45) is 0 Å². The number of nitrogens with zero attached hydrogens (tertiary/aromatic N) is 2. The van der Waals surface area contributed by atoms with E-state index >= 15 is 0 Å². The van der Waals surface area contributed by atoms with Gasteiger partial charge in [0.1, 0.15) is 0 Å². The van der Waals surface area contributed by atoms with Gasteiger partial charge in [0.15, 0.2) is 0 Å². The molecular formula is C42H30IrN2-2. The Morgan fingerprint density at radius 3 is 2.16 bits per heavy atom. The third-order valence-electron chi connectivity index (χ3n) is 8.75. The normalized spacial score (nSPS) is 12.4. The van der Waals surface area contributed by atoms with Gasteiger partial charge in [-0.1, -0.05) is 102 Å². The van der Waals surface area contributed by atoms with Crippen LogP contribution < -0.4 is 0 Å². The Morgan fingerprint density at radius 1 is 0.533 bits per heavy atom. The summed E-state index contributed by atoms with van der Waals surface area (Å²) >= 11 is 0. The second-order valence-electron chi connectivity index (χ2n) is 11.5. The number of pyridine rings is 2. The van der Waals surface area contributed by atoms with E-state index in [0.29, 0.717) is 0 Å². The van der Waals surface area contributed by atoms with E-state index < -0.39 is 0 Å². The Labute approximate surface area is 278 Å². The summed E-state index contributed by atoms with van der Waals surface area (Å²) in [6, 6.07) is 51.1. The average molecular weight is 755 g/mol. The van der Waals surface area contributed by atoms with Gasteiger partial charge in [0.05, 0.1) is 5.52 Å². The van der Waals surface area contributed by atoms with Crippen LogP contribution in [0.5, 0.6) is 0 Å².